The molecule has 0 saturated carbocycles. The number of hydrogen-bond donors (Lipinski definition) is 3. The molecule has 0 fully saturated rings. The standard InChI is InChI=1S/C23H23N3O.C22H21N3O/c1-14-4-9-19-20-12-16(13-25-22(20)23(24)26-21(19)10-14)5-6-17-7-8-18(27-3)11-15(17)2;1-13-3-8-18-19-11-15(4-5-16-6-7-17(26)10-14(16)2)12-24-21(19)22(23)25-20(18)9-13/h4,7-13H,5-6H2,1-3H3,(H2,24,26);3,6-12,26H,4-5H2,1-2H3,(H2,23,25). The first-order chi connectivity index (χ1) is 25.6. The second-order valence-electron chi connectivity index (χ2n) is 13.9. The first kappa shape index (κ1) is 35.1. The van der Waals surface area contributed by atoms with Crippen molar-refractivity contribution in [2.24, 2.45) is 0 Å². The summed E-state index contributed by atoms with van der Waals surface area (Å²) in [5.74, 6) is 2.16. The van der Waals surface area contributed by atoms with E-state index < -0.39 is 0 Å². The summed E-state index contributed by atoms with van der Waals surface area (Å²) < 4.78 is 5.29. The predicted molar refractivity (Wildman–Crippen MR) is 218 cm³/mol. The van der Waals surface area contributed by atoms with Crippen molar-refractivity contribution in [3.63, 3.8) is 0 Å². The predicted octanol–water partition coefficient (Wildman–Crippen LogP) is 9.25. The second-order valence-corrected chi connectivity index (χ2v) is 13.9. The molecular formula is C45H44N6O2. The number of pyridine rings is 4. The third-order valence-corrected chi connectivity index (χ3v) is 9.98. The van der Waals surface area contributed by atoms with Gasteiger partial charge < -0.3 is 21.3 Å². The monoisotopic (exact) mass is 700 g/mol. The molecule has 8 aromatic rings. The number of aromatic hydroxyl groups is 1. The summed E-state index contributed by atoms with van der Waals surface area (Å²) in [5.41, 5.74) is 25.2. The van der Waals surface area contributed by atoms with Crippen molar-refractivity contribution in [2.45, 2.75) is 53.4 Å². The van der Waals surface area contributed by atoms with Crippen LogP contribution in [-0.4, -0.2) is 32.2 Å². The van der Waals surface area contributed by atoms with Gasteiger partial charge in [0.1, 0.15) is 22.5 Å². The van der Waals surface area contributed by atoms with Crippen LogP contribution in [0.1, 0.15) is 44.5 Å². The molecule has 5 N–H and O–H groups in total. The number of fused-ring (bicyclic) bond motifs is 6. The van der Waals surface area contributed by atoms with Gasteiger partial charge in [-0.25, -0.2) is 9.97 Å². The minimum atomic E-state index is 0.309. The minimum Gasteiger partial charge on any atom is -0.508 e. The van der Waals surface area contributed by atoms with Crippen LogP contribution in [0.5, 0.6) is 11.5 Å². The Morgan fingerprint density at radius 2 is 1.04 bits per heavy atom. The number of methoxy groups -OCH3 is 1. The van der Waals surface area contributed by atoms with Crippen molar-refractivity contribution in [3.8, 4) is 11.5 Å². The number of nitrogens with zero attached hydrogens (tertiary/aromatic N) is 4. The zero-order valence-electron chi connectivity index (χ0n) is 30.9. The molecule has 8 heteroatoms. The Kier molecular flexibility index (Phi) is 9.78. The molecule has 8 rings (SSSR count). The van der Waals surface area contributed by atoms with Crippen molar-refractivity contribution < 1.29 is 9.84 Å². The van der Waals surface area contributed by atoms with Crippen LogP contribution in [0.25, 0.3) is 43.6 Å². The van der Waals surface area contributed by atoms with Gasteiger partial charge in [-0.3, -0.25) is 9.97 Å². The topological polar surface area (TPSA) is 133 Å². The first-order valence-electron chi connectivity index (χ1n) is 17.9. The molecular weight excluding hydrogens is 657 g/mol. The number of phenols is 1. The Labute approximate surface area is 309 Å². The summed E-state index contributed by atoms with van der Waals surface area (Å²) in [6.07, 6.45) is 7.46. The molecule has 4 aromatic carbocycles. The molecule has 0 bridgehead atoms. The molecule has 53 heavy (non-hydrogen) atoms. The van der Waals surface area contributed by atoms with Crippen LogP contribution in [0, 0.1) is 27.7 Å². The summed E-state index contributed by atoms with van der Waals surface area (Å²) in [5, 5.41) is 13.9. The van der Waals surface area contributed by atoms with E-state index in [-0.39, 0.29) is 0 Å². The van der Waals surface area contributed by atoms with Crippen molar-refractivity contribution in [3.05, 3.63) is 142 Å². The van der Waals surface area contributed by atoms with Crippen molar-refractivity contribution in [1.82, 2.24) is 19.9 Å². The molecule has 4 aromatic heterocycles. The van der Waals surface area contributed by atoms with E-state index in [0.717, 1.165) is 91.7 Å². The number of hydrogen-bond acceptors (Lipinski definition) is 8. The fraction of sp³-hybridized carbons (Fsp3) is 0.200. The molecule has 0 aliphatic carbocycles. The zero-order valence-corrected chi connectivity index (χ0v) is 30.9. The Hall–Kier alpha value is -6.28. The number of aryl methyl sites for hydroxylation is 8. The number of rotatable bonds is 7. The molecule has 266 valence electrons. The lowest BCUT2D eigenvalue weighted by Crippen LogP contribution is -1.99. The SMILES string of the molecule is COc1ccc(CCc2cnc3c(N)nc4cc(C)ccc4c3c2)c(C)c1.Cc1ccc2c(c1)nc(N)c1ncc(CCc3ccc(O)cc3C)cc12. The second kappa shape index (κ2) is 14.8. The highest BCUT2D eigenvalue weighted by Gasteiger charge is 2.11. The first-order valence-corrected chi connectivity index (χ1v) is 17.9. The van der Waals surface area contributed by atoms with E-state index >= 15 is 0 Å². The lowest BCUT2D eigenvalue weighted by molar-refractivity contribution is 0.414. The van der Waals surface area contributed by atoms with Gasteiger partial charge in [0, 0.05) is 33.9 Å². The van der Waals surface area contributed by atoms with Gasteiger partial charge in [-0.2, -0.15) is 0 Å². The third kappa shape index (κ3) is 7.53. The van der Waals surface area contributed by atoms with Crippen LogP contribution in [0.4, 0.5) is 11.6 Å². The average molecular weight is 701 g/mol. The van der Waals surface area contributed by atoms with Crippen LogP contribution >= 0.6 is 0 Å². The number of nitrogens with two attached hydrogens (primary N) is 2. The van der Waals surface area contributed by atoms with E-state index in [0.29, 0.717) is 17.4 Å². The normalized spacial score (nSPS) is 11.3. The van der Waals surface area contributed by atoms with Crippen molar-refractivity contribution in [2.75, 3.05) is 18.6 Å². The van der Waals surface area contributed by atoms with Crippen LogP contribution < -0.4 is 16.2 Å². The van der Waals surface area contributed by atoms with E-state index in [1.165, 1.54) is 27.8 Å². The molecule has 0 saturated heterocycles. The molecule has 0 unspecified atom stereocenters. The smallest absolute Gasteiger partial charge is 0.150 e. The molecule has 0 spiro atoms. The molecule has 0 amide bonds. The molecule has 4 heterocycles. The molecule has 0 aliphatic rings. The maximum atomic E-state index is 9.56. The minimum absolute atomic E-state index is 0.309. The molecule has 0 radical (unpaired) electrons. The fourth-order valence-corrected chi connectivity index (χ4v) is 6.99. The van der Waals surface area contributed by atoms with Gasteiger partial charge in [0.25, 0.3) is 0 Å². The fourth-order valence-electron chi connectivity index (χ4n) is 6.99. The Morgan fingerprint density at radius 3 is 1.51 bits per heavy atom. The van der Waals surface area contributed by atoms with Gasteiger partial charge in [-0.05, 0) is 146 Å². The number of benzene rings is 4. The highest BCUT2D eigenvalue weighted by atomic mass is 16.5. The van der Waals surface area contributed by atoms with Crippen LogP contribution in [0.3, 0.4) is 0 Å². The van der Waals surface area contributed by atoms with Crippen LogP contribution in [0.2, 0.25) is 0 Å². The van der Waals surface area contributed by atoms with Crippen LogP contribution in [0.15, 0.2) is 97.3 Å². The summed E-state index contributed by atoms with van der Waals surface area (Å²) in [4.78, 5) is 18.2. The molecule has 0 aliphatic heterocycles. The van der Waals surface area contributed by atoms with Crippen molar-refractivity contribution >= 4 is 55.2 Å². The highest BCUT2D eigenvalue weighted by Crippen LogP contribution is 2.30. The lowest BCUT2D eigenvalue weighted by Gasteiger charge is -2.10. The summed E-state index contributed by atoms with van der Waals surface area (Å²) in [7, 11) is 1.70. The Morgan fingerprint density at radius 1 is 0.547 bits per heavy atom. The number of anilines is 2. The number of ether oxygens (including phenoxy) is 1. The van der Waals surface area contributed by atoms with Gasteiger partial charge in [-0.15, -0.1) is 0 Å². The molecule has 8 nitrogen and oxygen atoms in total. The number of aromatic nitrogens is 4. The number of nitrogen functional groups attached to an aromatic ring is 2. The maximum absolute atomic E-state index is 9.56. The summed E-state index contributed by atoms with van der Waals surface area (Å²) >= 11 is 0. The number of phenolic OH excluding ortho intramolecular Hbond substituents is 1. The van der Waals surface area contributed by atoms with E-state index in [2.05, 4.69) is 101 Å². The quantitative estimate of drug-likeness (QED) is 0.140. The van der Waals surface area contributed by atoms with E-state index in [1.54, 1.807) is 19.2 Å². The van der Waals surface area contributed by atoms with Crippen molar-refractivity contribution in [1.29, 1.82) is 0 Å². The van der Waals surface area contributed by atoms with Gasteiger partial charge in [0.05, 0.1) is 18.1 Å². The lowest BCUT2D eigenvalue weighted by atomic mass is 9.99. The van der Waals surface area contributed by atoms with E-state index in [4.69, 9.17) is 16.2 Å². The Balaban J connectivity index is 0.000000164. The molecule has 0 atom stereocenters. The van der Waals surface area contributed by atoms with E-state index in [9.17, 15) is 5.11 Å². The third-order valence-electron chi connectivity index (χ3n) is 9.98. The zero-order chi connectivity index (χ0) is 37.2. The van der Waals surface area contributed by atoms with Gasteiger partial charge in [0.15, 0.2) is 11.6 Å². The largest absolute Gasteiger partial charge is 0.508 e. The van der Waals surface area contributed by atoms with Crippen LogP contribution in [-0.2, 0) is 25.7 Å². The summed E-state index contributed by atoms with van der Waals surface area (Å²) in [6, 6.07) is 28.7. The van der Waals surface area contributed by atoms with Gasteiger partial charge in [-0.1, -0.05) is 36.4 Å². The van der Waals surface area contributed by atoms with Gasteiger partial charge >= 0.3 is 0 Å². The Bertz CT molecular complexity index is 2650. The highest BCUT2D eigenvalue weighted by molar-refractivity contribution is 6.09. The summed E-state index contributed by atoms with van der Waals surface area (Å²) in [6.45, 7) is 8.26. The average Bonchev–Trinajstić information content (AvgIpc) is 3.14. The van der Waals surface area contributed by atoms with E-state index in [1.807, 2.05) is 31.5 Å². The maximum Gasteiger partial charge on any atom is 0.150 e. The van der Waals surface area contributed by atoms with Gasteiger partial charge in [0.2, 0.25) is 0 Å².